The second kappa shape index (κ2) is 6.72. The Hall–Kier alpha value is -1.51. The molecule has 0 aromatic carbocycles. The molecule has 1 aromatic heterocycles. The number of aromatic nitrogens is 2. The van der Waals surface area contributed by atoms with Crippen molar-refractivity contribution in [2.24, 2.45) is 0 Å². The Morgan fingerprint density at radius 3 is 2.82 bits per heavy atom. The van der Waals surface area contributed by atoms with Crippen LogP contribution in [0, 0.1) is 6.92 Å². The predicted octanol–water partition coefficient (Wildman–Crippen LogP) is -0.220. The number of aliphatic hydroxyl groups is 2. The second-order valence-corrected chi connectivity index (χ2v) is 5.64. The summed E-state index contributed by atoms with van der Waals surface area (Å²) in [5, 5.41) is 19.3. The van der Waals surface area contributed by atoms with Crippen LogP contribution < -0.4 is 11.2 Å². The van der Waals surface area contributed by atoms with Crippen LogP contribution in [0.25, 0.3) is 0 Å². The van der Waals surface area contributed by atoms with E-state index in [9.17, 15) is 24.2 Å². The van der Waals surface area contributed by atoms with Crippen LogP contribution >= 0.6 is 0 Å². The zero-order valence-electron chi connectivity index (χ0n) is 12.4. The molecular formula is C14H21FN2O5. The van der Waals surface area contributed by atoms with Crippen molar-refractivity contribution in [3.05, 3.63) is 32.6 Å². The number of nitrogens with zero attached hydrogens (tertiary/aromatic N) is 1. The van der Waals surface area contributed by atoms with Gasteiger partial charge in [0.05, 0.1) is 19.4 Å². The third kappa shape index (κ3) is 3.13. The highest BCUT2D eigenvalue weighted by Crippen LogP contribution is 2.38. The topological polar surface area (TPSA) is 105 Å². The molecule has 0 amide bonds. The Morgan fingerprint density at radius 1 is 1.50 bits per heavy atom. The van der Waals surface area contributed by atoms with Gasteiger partial charge in [0.1, 0.15) is 6.10 Å². The van der Waals surface area contributed by atoms with Crippen molar-refractivity contribution in [3.8, 4) is 0 Å². The first kappa shape index (κ1) is 16.9. The molecule has 1 aromatic rings. The molecule has 1 aliphatic heterocycles. The molecule has 0 bridgehead atoms. The van der Waals surface area contributed by atoms with Crippen molar-refractivity contribution in [1.82, 2.24) is 9.55 Å². The van der Waals surface area contributed by atoms with Gasteiger partial charge in [0, 0.05) is 18.2 Å². The molecule has 22 heavy (non-hydrogen) atoms. The number of halogens is 1. The highest BCUT2D eigenvalue weighted by Gasteiger charge is 2.47. The predicted molar refractivity (Wildman–Crippen MR) is 76.4 cm³/mol. The third-order valence-electron chi connectivity index (χ3n) is 4.02. The lowest BCUT2D eigenvalue weighted by Gasteiger charge is -2.31. The standard InChI is InChI=1S/C14H21FN2O5/c1-9-7-17(13(21)16-12(9)20)14(4-2-3-5-15)6-10(19)11(8-18)22-14/h7,10-11,18-19H,2-6,8H2,1H3,(H,16,20,21)/t10-,11+,14+/m0/s1. The van der Waals surface area contributed by atoms with Crippen LogP contribution in [0.1, 0.15) is 31.2 Å². The van der Waals surface area contributed by atoms with E-state index in [0.717, 1.165) is 0 Å². The Labute approximate surface area is 126 Å². The van der Waals surface area contributed by atoms with Gasteiger partial charge in [0.15, 0.2) is 5.72 Å². The van der Waals surface area contributed by atoms with Gasteiger partial charge >= 0.3 is 5.69 Å². The van der Waals surface area contributed by atoms with Crippen LogP contribution in [0.5, 0.6) is 0 Å². The van der Waals surface area contributed by atoms with E-state index in [1.165, 1.54) is 10.8 Å². The molecule has 0 unspecified atom stereocenters. The van der Waals surface area contributed by atoms with E-state index >= 15 is 0 Å². The van der Waals surface area contributed by atoms with Gasteiger partial charge in [-0.2, -0.15) is 0 Å². The molecule has 124 valence electrons. The zero-order valence-corrected chi connectivity index (χ0v) is 12.4. The van der Waals surface area contributed by atoms with Crippen LogP contribution in [0.3, 0.4) is 0 Å². The van der Waals surface area contributed by atoms with Gasteiger partial charge in [-0.3, -0.25) is 18.7 Å². The van der Waals surface area contributed by atoms with Gasteiger partial charge in [-0.05, 0) is 26.2 Å². The summed E-state index contributed by atoms with van der Waals surface area (Å²) in [6.07, 6.45) is 0.780. The number of rotatable bonds is 6. The summed E-state index contributed by atoms with van der Waals surface area (Å²) in [5.74, 6) is 0. The largest absolute Gasteiger partial charge is 0.394 e. The summed E-state index contributed by atoms with van der Waals surface area (Å²) in [7, 11) is 0. The smallest absolute Gasteiger partial charge is 0.330 e. The molecule has 7 nitrogen and oxygen atoms in total. The van der Waals surface area contributed by atoms with Gasteiger partial charge in [-0.25, -0.2) is 4.79 Å². The van der Waals surface area contributed by atoms with Crippen molar-refractivity contribution in [2.75, 3.05) is 13.3 Å². The van der Waals surface area contributed by atoms with E-state index in [1.807, 2.05) is 0 Å². The molecule has 2 heterocycles. The van der Waals surface area contributed by atoms with E-state index in [1.54, 1.807) is 6.92 Å². The number of H-pyrrole nitrogens is 1. The number of nitrogens with one attached hydrogen (secondary N) is 1. The molecule has 0 aliphatic carbocycles. The average Bonchev–Trinajstić information content (AvgIpc) is 2.80. The Morgan fingerprint density at radius 2 is 2.23 bits per heavy atom. The average molecular weight is 316 g/mol. The lowest BCUT2D eigenvalue weighted by atomic mass is 10.00. The summed E-state index contributed by atoms with van der Waals surface area (Å²) in [6, 6.07) is 0. The van der Waals surface area contributed by atoms with Gasteiger partial charge in [-0.1, -0.05) is 0 Å². The summed E-state index contributed by atoms with van der Waals surface area (Å²) >= 11 is 0. The van der Waals surface area contributed by atoms with Crippen LogP contribution in [-0.2, 0) is 10.5 Å². The maximum atomic E-state index is 12.4. The fraction of sp³-hybridized carbons (Fsp3) is 0.714. The molecule has 0 saturated carbocycles. The molecular weight excluding hydrogens is 295 g/mol. The van der Waals surface area contributed by atoms with Crippen molar-refractivity contribution < 1.29 is 19.3 Å². The summed E-state index contributed by atoms with van der Waals surface area (Å²) < 4.78 is 19.3. The zero-order chi connectivity index (χ0) is 16.3. The van der Waals surface area contributed by atoms with Crippen LogP contribution in [0.15, 0.2) is 15.8 Å². The highest BCUT2D eigenvalue weighted by atomic mass is 19.1. The summed E-state index contributed by atoms with van der Waals surface area (Å²) in [5.41, 5.74) is -2.00. The minimum atomic E-state index is -1.19. The molecule has 2 rings (SSSR count). The number of aromatic amines is 1. The van der Waals surface area contributed by atoms with Crippen LogP contribution in [0.2, 0.25) is 0 Å². The summed E-state index contributed by atoms with van der Waals surface area (Å²) in [6.45, 7) is 0.684. The maximum absolute atomic E-state index is 12.4. The van der Waals surface area contributed by atoms with Crippen molar-refractivity contribution in [1.29, 1.82) is 0 Å². The van der Waals surface area contributed by atoms with Crippen LogP contribution in [-0.4, -0.2) is 45.3 Å². The van der Waals surface area contributed by atoms with Crippen molar-refractivity contribution in [2.45, 2.75) is 50.5 Å². The minimum Gasteiger partial charge on any atom is -0.394 e. The van der Waals surface area contributed by atoms with Crippen molar-refractivity contribution in [3.63, 3.8) is 0 Å². The molecule has 1 aliphatic rings. The Bertz CT molecular complexity index is 628. The number of hydrogen-bond donors (Lipinski definition) is 3. The Balaban J connectivity index is 2.43. The van der Waals surface area contributed by atoms with Gasteiger partial charge < -0.3 is 14.9 Å². The quantitative estimate of drug-likeness (QED) is 0.629. The molecule has 1 fully saturated rings. The lowest BCUT2D eigenvalue weighted by Crippen LogP contribution is -2.45. The Kier molecular flexibility index (Phi) is 5.15. The van der Waals surface area contributed by atoms with E-state index in [2.05, 4.69) is 4.98 Å². The fourth-order valence-electron chi connectivity index (χ4n) is 2.83. The number of aliphatic hydroxyl groups excluding tert-OH is 2. The van der Waals surface area contributed by atoms with Gasteiger partial charge in [0.25, 0.3) is 5.56 Å². The SMILES string of the molecule is Cc1cn([C@@]2(CCCCF)C[C@H](O)[C@@H](CO)O2)c(=O)[nH]c1=O. The van der Waals surface area contributed by atoms with Gasteiger partial charge in [-0.15, -0.1) is 0 Å². The third-order valence-corrected chi connectivity index (χ3v) is 4.02. The number of ether oxygens (including phenoxy) is 1. The van der Waals surface area contributed by atoms with Crippen molar-refractivity contribution >= 4 is 0 Å². The number of alkyl halides is 1. The lowest BCUT2D eigenvalue weighted by molar-refractivity contribution is -0.125. The summed E-state index contributed by atoms with van der Waals surface area (Å²) in [4.78, 5) is 25.8. The highest BCUT2D eigenvalue weighted by molar-refractivity contribution is 5.04. The fourth-order valence-corrected chi connectivity index (χ4v) is 2.83. The van der Waals surface area contributed by atoms with E-state index < -0.39 is 35.9 Å². The molecule has 0 radical (unpaired) electrons. The molecule has 1 saturated heterocycles. The van der Waals surface area contributed by atoms with Gasteiger partial charge in [0.2, 0.25) is 0 Å². The molecule has 8 heteroatoms. The first-order chi connectivity index (χ1) is 10.4. The van der Waals surface area contributed by atoms with E-state index in [0.29, 0.717) is 24.8 Å². The molecule has 3 N–H and O–H groups in total. The first-order valence-electron chi connectivity index (χ1n) is 7.29. The number of aryl methyl sites for hydroxylation is 1. The molecule has 0 spiro atoms. The number of unbranched alkanes of at least 4 members (excludes halogenated alkanes) is 1. The normalized spacial score (nSPS) is 28.2. The maximum Gasteiger partial charge on any atom is 0.330 e. The first-order valence-corrected chi connectivity index (χ1v) is 7.29. The van der Waals surface area contributed by atoms with Crippen LogP contribution in [0.4, 0.5) is 4.39 Å². The minimum absolute atomic E-state index is 0.0932. The monoisotopic (exact) mass is 316 g/mol. The molecule has 3 atom stereocenters. The second-order valence-electron chi connectivity index (χ2n) is 5.64. The van der Waals surface area contributed by atoms with E-state index in [4.69, 9.17) is 4.74 Å². The van der Waals surface area contributed by atoms with E-state index in [-0.39, 0.29) is 13.0 Å². The number of hydrogen-bond acceptors (Lipinski definition) is 5.